The second-order valence-electron chi connectivity index (χ2n) is 9.86. The number of morpholine rings is 2. The molecule has 0 amide bonds. The van der Waals surface area contributed by atoms with Crippen molar-refractivity contribution in [3.8, 4) is 23.0 Å². The van der Waals surface area contributed by atoms with Gasteiger partial charge in [0, 0.05) is 26.2 Å². The van der Waals surface area contributed by atoms with Crippen LogP contribution in [-0.2, 0) is 39.9 Å². The normalized spacial score (nSPS) is 16.2. The summed E-state index contributed by atoms with van der Waals surface area (Å²) in [6.45, 7) is 8.17. The van der Waals surface area contributed by atoms with Crippen LogP contribution in [0.15, 0.2) is 66.7 Å². The van der Waals surface area contributed by atoms with Crippen molar-refractivity contribution >= 4 is 22.1 Å². The average molecular weight is 636 g/mol. The number of hydrogen-bond acceptors (Lipinski definition) is 7. The number of rotatable bonds is 6. The second-order valence-corrected chi connectivity index (χ2v) is 9.86. The van der Waals surface area contributed by atoms with E-state index in [1.165, 1.54) is 0 Å². The standard InChI is InChI=1S/C29H31N7O2.2ClH.Fe/c1-3-10-26-22(6-1)31-28(35(26)20-33-12-16-37-17-13-33)24-8-5-9-25(30-24)29-32-23-7-2-4-11-27(23)36(29)21-34-14-18-38-19-15-34;;;/h1-11H,12-21H2;2*1H;/q;;;+2/p-2. The first kappa shape index (κ1) is 31.4. The number of halogens is 2. The van der Waals surface area contributed by atoms with Crippen molar-refractivity contribution in [2.24, 2.45) is 0 Å². The summed E-state index contributed by atoms with van der Waals surface area (Å²) in [6.07, 6.45) is 0. The van der Waals surface area contributed by atoms with Gasteiger partial charge in [0.05, 0.1) is 61.8 Å². The molecule has 0 bridgehead atoms. The minimum Gasteiger partial charge on any atom is -1.00 e. The third kappa shape index (κ3) is 6.45. The summed E-state index contributed by atoms with van der Waals surface area (Å²) < 4.78 is 15.7. The Labute approximate surface area is 262 Å². The first-order chi connectivity index (χ1) is 18.8. The first-order valence-corrected chi connectivity index (χ1v) is 13.3. The van der Waals surface area contributed by atoms with E-state index in [2.05, 4.69) is 73.5 Å². The Morgan fingerprint density at radius 2 is 0.951 bits per heavy atom. The number of fused-ring (bicyclic) bond motifs is 2. The van der Waals surface area contributed by atoms with Crippen LogP contribution >= 0.6 is 0 Å². The number of nitrogens with zero attached hydrogens (tertiary/aromatic N) is 7. The fourth-order valence-corrected chi connectivity index (χ4v) is 5.40. The molecule has 2 aliphatic heterocycles. The average Bonchev–Trinajstić information content (AvgIpc) is 3.53. The largest absolute Gasteiger partial charge is 2.00 e. The molecule has 2 aliphatic rings. The molecular formula is C29H31Cl2FeN7O2. The zero-order valence-electron chi connectivity index (χ0n) is 22.5. The Bertz CT molecular complexity index is 1470. The Morgan fingerprint density at radius 1 is 0.537 bits per heavy atom. The zero-order valence-corrected chi connectivity index (χ0v) is 25.1. The molecule has 5 heterocycles. The van der Waals surface area contributed by atoms with Gasteiger partial charge in [0.25, 0.3) is 0 Å². The van der Waals surface area contributed by atoms with Crippen molar-refractivity contribution in [2.75, 3.05) is 52.6 Å². The number of benzene rings is 2. The van der Waals surface area contributed by atoms with E-state index in [1.807, 2.05) is 12.1 Å². The molecule has 9 nitrogen and oxygen atoms in total. The maximum Gasteiger partial charge on any atom is 2.00 e. The maximum absolute atomic E-state index is 5.58. The van der Waals surface area contributed by atoms with Gasteiger partial charge in [-0.2, -0.15) is 0 Å². The molecule has 0 spiro atoms. The molecule has 0 aliphatic carbocycles. The van der Waals surface area contributed by atoms with Crippen LogP contribution in [-0.4, -0.2) is 86.5 Å². The molecule has 216 valence electrons. The Kier molecular flexibility index (Phi) is 10.8. The number of hydrogen-bond donors (Lipinski definition) is 0. The summed E-state index contributed by atoms with van der Waals surface area (Å²) >= 11 is 0. The van der Waals surface area contributed by atoms with Crippen LogP contribution in [0.4, 0.5) is 0 Å². The van der Waals surface area contributed by atoms with E-state index >= 15 is 0 Å². The molecule has 3 aromatic heterocycles. The van der Waals surface area contributed by atoms with Crippen LogP contribution in [0, 0.1) is 0 Å². The van der Waals surface area contributed by atoms with Gasteiger partial charge in [-0.05, 0) is 36.4 Å². The molecule has 0 radical (unpaired) electrons. The molecule has 5 aromatic rings. The van der Waals surface area contributed by atoms with E-state index in [0.717, 1.165) is 111 Å². The number of para-hydroxylation sites is 4. The summed E-state index contributed by atoms with van der Waals surface area (Å²) in [7, 11) is 0. The summed E-state index contributed by atoms with van der Waals surface area (Å²) in [6, 6.07) is 22.8. The van der Waals surface area contributed by atoms with Crippen molar-refractivity contribution in [3.05, 3.63) is 66.7 Å². The van der Waals surface area contributed by atoms with Crippen molar-refractivity contribution < 1.29 is 51.4 Å². The van der Waals surface area contributed by atoms with Crippen LogP contribution in [0.5, 0.6) is 0 Å². The summed E-state index contributed by atoms with van der Waals surface area (Å²) in [5, 5.41) is 0. The van der Waals surface area contributed by atoms with Crippen molar-refractivity contribution in [2.45, 2.75) is 13.3 Å². The molecule has 0 unspecified atom stereocenters. The number of imidazole rings is 2. The van der Waals surface area contributed by atoms with Gasteiger partial charge in [-0.1, -0.05) is 30.3 Å². The number of ether oxygens (including phenoxy) is 2. The van der Waals surface area contributed by atoms with Gasteiger partial charge in [0.2, 0.25) is 0 Å². The smallest absolute Gasteiger partial charge is 1.00 e. The van der Waals surface area contributed by atoms with Crippen LogP contribution in [0.25, 0.3) is 45.1 Å². The number of pyridine rings is 1. The molecule has 0 N–H and O–H groups in total. The van der Waals surface area contributed by atoms with Crippen molar-refractivity contribution in [1.29, 1.82) is 0 Å². The fourth-order valence-electron chi connectivity index (χ4n) is 5.40. The zero-order chi connectivity index (χ0) is 25.3. The monoisotopic (exact) mass is 635 g/mol. The summed E-state index contributed by atoms with van der Waals surface area (Å²) in [5.41, 5.74) is 5.86. The topological polar surface area (TPSA) is 73.5 Å². The Balaban J connectivity index is 0.00000129. The van der Waals surface area contributed by atoms with Crippen molar-refractivity contribution in [1.82, 2.24) is 33.9 Å². The SMILES string of the molecule is [Cl-].[Cl-].[Fe+2].c1cc(-c2nc3ccccc3n2CN2CCOCC2)nc(-c2nc3ccccc3n2CN2CCOCC2)c1. The van der Waals surface area contributed by atoms with Gasteiger partial charge in [0.1, 0.15) is 11.4 Å². The van der Waals surface area contributed by atoms with Gasteiger partial charge in [-0.15, -0.1) is 0 Å². The van der Waals surface area contributed by atoms with Crippen LogP contribution in [0.2, 0.25) is 0 Å². The van der Waals surface area contributed by atoms with Gasteiger partial charge in [-0.3, -0.25) is 9.80 Å². The predicted octanol–water partition coefficient (Wildman–Crippen LogP) is -2.30. The Hall–Kier alpha value is -2.53. The van der Waals surface area contributed by atoms with Gasteiger partial charge >= 0.3 is 17.1 Å². The minimum atomic E-state index is 0. The van der Waals surface area contributed by atoms with E-state index in [4.69, 9.17) is 24.4 Å². The summed E-state index contributed by atoms with van der Waals surface area (Å²) in [4.78, 5) is 20.0. The molecule has 12 heteroatoms. The van der Waals surface area contributed by atoms with E-state index in [-0.39, 0.29) is 41.9 Å². The summed E-state index contributed by atoms with van der Waals surface area (Å²) in [5.74, 6) is 1.74. The minimum absolute atomic E-state index is 0. The van der Waals surface area contributed by atoms with Crippen LogP contribution in [0.3, 0.4) is 0 Å². The van der Waals surface area contributed by atoms with Crippen molar-refractivity contribution in [3.63, 3.8) is 0 Å². The predicted molar refractivity (Wildman–Crippen MR) is 146 cm³/mol. The van der Waals surface area contributed by atoms with Gasteiger partial charge < -0.3 is 43.4 Å². The maximum atomic E-state index is 5.58. The van der Waals surface area contributed by atoms with Crippen LogP contribution in [0.1, 0.15) is 0 Å². The Morgan fingerprint density at radius 3 is 1.39 bits per heavy atom. The molecule has 7 rings (SSSR count). The van der Waals surface area contributed by atoms with E-state index in [9.17, 15) is 0 Å². The fraction of sp³-hybridized carbons (Fsp3) is 0.345. The van der Waals surface area contributed by atoms with E-state index in [1.54, 1.807) is 0 Å². The molecule has 2 saturated heterocycles. The van der Waals surface area contributed by atoms with Gasteiger partial charge in [0.15, 0.2) is 11.6 Å². The van der Waals surface area contributed by atoms with Gasteiger partial charge in [-0.25, -0.2) is 15.0 Å². The number of aromatic nitrogens is 5. The third-order valence-corrected chi connectivity index (χ3v) is 7.41. The molecule has 0 saturated carbocycles. The first-order valence-electron chi connectivity index (χ1n) is 13.3. The molecule has 0 atom stereocenters. The molecule has 2 fully saturated rings. The van der Waals surface area contributed by atoms with E-state index < -0.39 is 0 Å². The quantitative estimate of drug-likeness (QED) is 0.195. The molecule has 41 heavy (non-hydrogen) atoms. The van der Waals surface area contributed by atoms with E-state index in [0.29, 0.717) is 0 Å². The molecular weight excluding hydrogens is 605 g/mol. The third-order valence-electron chi connectivity index (χ3n) is 7.41. The second kappa shape index (κ2) is 14.1. The molecule has 2 aromatic carbocycles. The van der Waals surface area contributed by atoms with Crippen LogP contribution < -0.4 is 24.8 Å².